The van der Waals surface area contributed by atoms with E-state index >= 15 is 0 Å². The van der Waals surface area contributed by atoms with Crippen LogP contribution in [0.2, 0.25) is 0 Å². The first kappa shape index (κ1) is 28.9. The molecule has 1 heterocycles. The Kier molecular flexibility index (Phi) is 10.0. The fourth-order valence-corrected chi connectivity index (χ4v) is 5.16. The molecule has 210 valence electrons. The summed E-state index contributed by atoms with van der Waals surface area (Å²) in [6.45, 7) is 9.60. The van der Waals surface area contributed by atoms with Crippen molar-refractivity contribution in [2.24, 2.45) is 0 Å². The Hall–Kier alpha value is -4.06. The van der Waals surface area contributed by atoms with Gasteiger partial charge in [-0.3, -0.25) is 9.59 Å². The molecule has 6 heteroatoms. The summed E-state index contributed by atoms with van der Waals surface area (Å²) in [5.74, 6) is 0.474. The molecule has 1 aromatic heterocycles. The predicted molar refractivity (Wildman–Crippen MR) is 161 cm³/mol. The Morgan fingerprint density at radius 3 is 2.27 bits per heavy atom. The highest BCUT2D eigenvalue weighted by molar-refractivity contribution is 5.89. The minimum Gasteiger partial charge on any atom is -0.494 e. The molecule has 1 N–H and O–H groups in total. The summed E-state index contributed by atoms with van der Waals surface area (Å²) in [5, 5.41) is 1.17. The molecule has 0 aliphatic heterocycles. The van der Waals surface area contributed by atoms with Crippen LogP contribution in [-0.2, 0) is 22.6 Å². The van der Waals surface area contributed by atoms with E-state index in [-0.39, 0.29) is 30.3 Å². The molecular formula is C34H41N3O3. The monoisotopic (exact) mass is 539 g/mol. The van der Waals surface area contributed by atoms with Gasteiger partial charge in [0, 0.05) is 36.2 Å². The van der Waals surface area contributed by atoms with Gasteiger partial charge < -0.3 is 19.5 Å². The zero-order valence-corrected chi connectivity index (χ0v) is 24.1. The van der Waals surface area contributed by atoms with Crippen molar-refractivity contribution in [3.05, 3.63) is 102 Å². The first-order chi connectivity index (χ1) is 19.4. The van der Waals surface area contributed by atoms with Crippen LogP contribution in [0, 0.1) is 0 Å². The normalized spacial score (nSPS) is 11.9. The molecule has 1 unspecified atom stereocenters. The number of fused-ring (bicyclic) bond motifs is 1. The SMILES string of the molecule is CCOc1ccc(CN(CCc2c[nH]c3ccccc23)C(=O)CN(C(=O)C(CC)c2ccccc2)C(C)C)cc1. The van der Waals surface area contributed by atoms with Gasteiger partial charge in [0.05, 0.1) is 12.5 Å². The van der Waals surface area contributed by atoms with Gasteiger partial charge in [-0.15, -0.1) is 0 Å². The molecule has 0 spiro atoms. The number of nitrogens with one attached hydrogen (secondary N) is 1. The second-order valence-electron chi connectivity index (χ2n) is 10.4. The van der Waals surface area contributed by atoms with Crippen LogP contribution in [0.25, 0.3) is 10.9 Å². The lowest BCUT2D eigenvalue weighted by molar-refractivity contribution is -0.143. The van der Waals surface area contributed by atoms with E-state index in [2.05, 4.69) is 17.1 Å². The van der Waals surface area contributed by atoms with Gasteiger partial charge in [0.1, 0.15) is 12.3 Å². The van der Waals surface area contributed by atoms with Crippen LogP contribution >= 0.6 is 0 Å². The number of carbonyl (C=O) groups excluding carboxylic acids is 2. The number of carbonyl (C=O) groups is 2. The van der Waals surface area contributed by atoms with Gasteiger partial charge in [-0.2, -0.15) is 0 Å². The Balaban J connectivity index is 1.55. The van der Waals surface area contributed by atoms with Crippen molar-refractivity contribution < 1.29 is 14.3 Å². The molecule has 0 aliphatic rings. The maximum atomic E-state index is 13.9. The van der Waals surface area contributed by atoms with Crippen molar-refractivity contribution >= 4 is 22.7 Å². The first-order valence-corrected chi connectivity index (χ1v) is 14.3. The third kappa shape index (κ3) is 7.12. The Bertz CT molecular complexity index is 1380. The van der Waals surface area contributed by atoms with E-state index < -0.39 is 0 Å². The summed E-state index contributed by atoms with van der Waals surface area (Å²) in [7, 11) is 0. The lowest BCUT2D eigenvalue weighted by atomic mass is 9.94. The molecule has 0 fully saturated rings. The van der Waals surface area contributed by atoms with Gasteiger partial charge in [-0.1, -0.05) is 67.6 Å². The van der Waals surface area contributed by atoms with E-state index in [0.29, 0.717) is 32.5 Å². The summed E-state index contributed by atoms with van der Waals surface area (Å²) in [6, 6.07) is 25.9. The van der Waals surface area contributed by atoms with Gasteiger partial charge >= 0.3 is 0 Å². The number of para-hydroxylation sites is 1. The number of aromatic amines is 1. The number of hydrogen-bond acceptors (Lipinski definition) is 3. The van der Waals surface area contributed by atoms with Crippen LogP contribution in [0.4, 0.5) is 0 Å². The summed E-state index contributed by atoms with van der Waals surface area (Å²) in [6.07, 6.45) is 3.42. The van der Waals surface area contributed by atoms with Crippen LogP contribution in [0.5, 0.6) is 5.75 Å². The zero-order valence-electron chi connectivity index (χ0n) is 24.1. The summed E-state index contributed by atoms with van der Waals surface area (Å²) < 4.78 is 5.60. The van der Waals surface area contributed by atoms with E-state index in [4.69, 9.17) is 4.74 Å². The molecule has 0 saturated carbocycles. The van der Waals surface area contributed by atoms with E-state index in [1.165, 1.54) is 10.9 Å². The molecule has 0 bridgehead atoms. The molecule has 2 amide bonds. The molecule has 1 atom stereocenters. The van der Waals surface area contributed by atoms with E-state index in [0.717, 1.165) is 22.4 Å². The first-order valence-electron chi connectivity index (χ1n) is 14.3. The molecule has 6 nitrogen and oxygen atoms in total. The smallest absolute Gasteiger partial charge is 0.242 e. The predicted octanol–water partition coefficient (Wildman–Crippen LogP) is 6.57. The number of ether oxygens (including phenoxy) is 1. The molecular weight excluding hydrogens is 498 g/mol. The van der Waals surface area contributed by atoms with Gasteiger partial charge in [0.25, 0.3) is 0 Å². The second kappa shape index (κ2) is 13.8. The van der Waals surface area contributed by atoms with Gasteiger partial charge in [-0.05, 0) is 68.5 Å². The third-order valence-electron chi connectivity index (χ3n) is 7.41. The minimum atomic E-state index is -0.276. The van der Waals surface area contributed by atoms with Crippen LogP contribution in [-0.4, -0.2) is 52.3 Å². The van der Waals surface area contributed by atoms with Crippen LogP contribution in [0.15, 0.2) is 85.1 Å². The van der Waals surface area contributed by atoms with Crippen molar-refractivity contribution in [1.82, 2.24) is 14.8 Å². The summed E-state index contributed by atoms with van der Waals surface area (Å²) in [4.78, 5) is 34.6. The molecule has 0 saturated heterocycles. The lowest BCUT2D eigenvalue weighted by Gasteiger charge is -2.32. The largest absolute Gasteiger partial charge is 0.494 e. The van der Waals surface area contributed by atoms with Gasteiger partial charge in [-0.25, -0.2) is 0 Å². The molecule has 3 aromatic carbocycles. The Labute approximate surface area is 238 Å². The van der Waals surface area contributed by atoms with Crippen molar-refractivity contribution in [3.63, 3.8) is 0 Å². The molecule has 4 aromatic rings. The Morgan fingerprint density at radius 2 is 1.60 bits per heavy atom. The highest BCUT2D eigenvalue weighted by Gasteiger charge is 2.29. The minimum absolute atomic E-state index is 0.00491. The number of nitrogens with zero attached hydrogens (tertiary/aromatic N) is 2. The van der Waals surface area contributed by atoms with E-state index in [1.54, 1.807) is 4.90 Å². The fourth-order valence-electron chi connectivity index (χ4n) is 5.16. The standard InChI is InChI=1S/C34H41N3O3/c1-5-30(27-12-8-7-9-13-27)34(39)37(25(3)4)24-33(38)36(23-26-16-18-29(19-17-26)40-6-2)21-20-28-22-35-32-15-11-10-14-31(28)32/h7-19,22,25,30,35H,5-6,20-21,23-24H2,1-4H3. The number of benzene rings is 3. The second-order valence-corrected chi connectivity index (χ2v) is 10.4. The topological polar surface area (TPSA) is 65.6 Å². The molecule has 0 radical (unpaired) electrons. The number of H-pyrrole nitrogens is 1. The average Bonchev–Trinajstić information content (AvgIpc) is 3.38. The number of hydrogen-bond donors (Lipinski definition) is 1. The fraction of sp³-hybridized carbons (Fsp3) is 0.353. The van der Waals surface area contributed by atoms with E-state index in [9.17, 15) is 9.59 Å². The highest BCUT2D eigenvalue weighted by Crippen LogP contribution is 2.24. The number of aromatic nitrogens is 1. The van der Waals surface area contributed by atoms with Gasteiger partial charge in [0.15, 0.2) is 0 Å². The third-order valence-corrected chi connectivity index (χ3v) is 7.41. The van der Waals surface area contributed by atoms with Crippen LogP contribution in [0.3, 0.4) is 0 Å². The van der Waals surface area contributed by atoms with E-state index in [1.807, 2.05) is 106 Å². The molecule has 4 rings (SSSR count). The summed E-state index contributed by atoms with van der Waals surface area (Å²) >= 11 is 0. The van der Waals surface area contributed by atoms with Crippen molar-refractivity contribution in [2.75, 3.05) is 19.7 Å². The summed E-state index contributed by atoms with van der Waals surface area (Å²) in [5.41, 5.74) is 4.27. The van der Waals surface area contributed by atoms with Crippen LogP contribution in [0.1, 0.15) is 56.7 Å². The van der Waals surface area contributed by atoms with Crippen molar-refractivity contribution in [1.29, 1.82) is 0 Å². The highest BCUT2D eigenvalue weighted by atomic mass is 16.5. The van der Waals surface area contributed by atoms with Crippen LogP contribution < -0.4 is 4.74 Å². The zero-order chi connectivity index (χ0) is 28.5. The maximum Gasteiger partial charge on any atom is 0.242 e. The quantitative estimate of drug-likeness (QED) is 0.209. The molecule has 0 aliphatic carbocycles. The number of amides is 2. The van der Waals surface area contributed by atoms with Crippen molar-refractivity contribution in [3.8, 4) is 5.75 Å². The lowest BCUT2D eigenvalue weighted by Crippen LogP contribution is -2.47. The van der Waals surface area contributed by atoms with Gasteiger partial charge in [0.2, 0.25) is 11.8 Å². The Morgan fingerprint density at radius 1 is 0.900 bits per heavy atom. The average molecular weight is 540 g/mol. The number of rotatable bonds is 13. The maximum absolute atomic E-state index is 13.9. The van der Waals surface area contributed by atoms with Crippen molar-refractivity contribution in [2.45, 2.75) is 59.0 Å². The molecule has 40 heavy (non-hydrogen) atoms.